The molecule has 122 valence electrons. The number of nitrogens with zero attached hydrogens (tertiary/aromatic N) is 4. The van der Waals surface area contributed by atoms with Crippen molar-refractivity contribution >= 4 is 17.9 Å². The molecule has 2 rings (SSSR count). The van der Waals surface area contributed by atoms with E-state index in [-0.39, 0.29) is 29.7 Å². The number of anilines is 2. The summed E-state index contributed by atoms with van der Waals surface area (Å²) in [5, 5.41) is 0. The molecular formula is C14H17N5O4. The number of aryl methyl sites for hydroxylation is 2. The van der Waals surface area contributed by atoms with E-state index in [4.69, 9.17) is 14.9 Å². The Morgan fingerprint density at radius 3 is 2.61 bits per heavy atom. The molecule has 0 aliphatic heterocycles. The number of ether oxygens (including phenoxy) is 1. The predicted octanol–water partition coefficient (Wildman–Crippen LogP) is 0.447. The minimum Gasteiger partial charge on any atom is -0.454 e. The maximum atomic E-state index is 12.2. The van der Waals surface area contributed by atoms with Crippen molar-refractivity contribution in [1.29, 1.82) is 0 Å². The van der Waals surface area contributed by atoms with Gasteiger partial charge in [-0.3, -0.25) is 0 Å². The molecule has 2 N–H and O–H groups in total. The summed E-state index contributed by atoms with van der Waals surface area (Å²) in [6.45, 7) is 2.98. The van der Waals surface area contributed by atoms with Crippen LogP contribution >= 0.6 is 0 Å². The zero-order valence-electron chi connectivity index (χ0n) is 13.3. The first-order chi connectivity index (χ1) is 10.8. The molecule has 0 aromatic carbocycles. The van der Waals surface area contributed by atoms with Crippen LogP contribution in [0.5, 0.6) is 0 Å². The lowest BCUT2D eigenvalue weighted by atomic mass is 10.1. The van der Waals surface area contributed by atoms with Gasteiger partial charge < -0.3 is 19.8 Å². The monoisotopic (exact) mass is 319 g/mol. The Bertz CT molecular complexity index is 774. The van der Waals surface area contributed by atoms with Crippen LogP contribution in [0.1, 0.15) is 27.5 Å². The molecule has 0 unspecified atom stereocenters. The van der Waals surface area contributed by atoms with Gasteiger partial charge in [-0.05, 0) is 19.4 Å². The van der Waals surface area contributed by atoms with Gasteiger partial charge >= 0.3 is 11.6 Å². The summed E-state index contributed by atoms with van der Waals surface area (Å²) in [5.74, 6) is 0.190. The normalized spacial score (nSPS) is 10.4. The first-order valence-electron chi connectivity index (χ1n) is 6.74. The van der Waals surface area contributed by atoms with E-state index < -0.39 is 11.6 Å². The van der Waals surface area contributed by atoms with Crippen LogP contribution in [-0.2, 0) is 11.3 Å². The number of esters is 1. The third-order valence-electron chi connectivity index (χ3n) is 2.96. The summed E-state index contributed by atoms with van der Waals surface area (Å²) in [7, 11) is 3.51. The Morgan fingerprint density at radius 1 is 1.30 bits per heavy atom. The lowest BCUT2D eigenvalue weighted by Crippen LogP contribution is -2.18. The smallest absolute Gasteiger partial charge is 0.342 e. The average Bonchev–Trinajstić information content (AvgIpc) is 2.43. The van der Waals surface area contributed by atoms with Crippen LogP contribution in [0.2, 0.25) is 0 Å². The van der Waals surface area contributed by atoms with Crippen molar-refractivity contribution in [3.8, 4) is 0 Å². The second kappa shape index (κ2) is 6.42. The number of hydrogen-bond donors (Lipinski definition) is 1. The van der Waals surface area contributed by atoms with Gasteiger partial charge in [-0.2, -0.15) is 15.0 Å². The number of nitrogens with two attached hydrogens (primary N) is 1. The highest BCUT2D eigenvalue weighted by molar-refractivity contribution is 5.91. The van der Waals surface area contributed by atoms with Gasteiger partial charge in [-0.15, -0.1) is 0 Å². The van der Waals surface area contributed by atoms with E-state index in [9.17, 15) is 9.59 Å². The number of carbonyl (C=O) groups is 1. The van der Waals surface area contributed by atoms with E-state index in [1.165, 1.54) is 13.0 Å². The summed E-state index contributed by atoms with van der Waals surface area (Å²) in [5.41, 5.74) is 5.77. The van der Waals surface area contributed by atoms with Crippen LogP contribution in [-0.4, -0.2) is 35.0 Å². The summed E-state index contributed by atoms with van der Waals surface area (Å²) in [4.78, 5) is 37.1. The van der Waals surface area contributed by atoms with Crippen LogP contribution < -0.4 is 16.3 Å². The third kappa shape index (κ3) is 3.82. The summed E-state index contributed by atoms with van der Waals surface area (Å²) < 4.78 is 10.1. The van der Waals surface area contributed by atoms with Crippen LogP contribution in [0.3, 0.4) is 0 Å². The number of carbonyl (C=O) groups excluding carboxylic acids is 1. The molecule has 0 saturated carbocycles. The molecule has 23 heavy (non-hydrogen) atoms. The Morgan fingerprint density at radius 2 is 2.00 bits per heavy atom. The second-order valence-corrected chi connectivity index (χ2v) is 5.06. The lowest BCUT2D eigenvalue weighted by molar-refractivity contribution is 0.0456. The first kappa shape index (κ1) is 16.4. The molecule has 2 aromatic rings. The highest BCUT2D eigenvalue weighted by Crippen LogP contribution is 2.14. The van der Waals surface area contributed by atoms with Gasteiger partial charge in [0.1, 0.15) is 11.3 Å². The van der Waals surface area contributed by atoms with Crippen LogP contribution in [0.15, 0.2) is 15.3 Å². The average molecular weight is 319 g/mol. The molecule has 9 heteroatoms. The molecule has 0 spiro atoms. The molecule has 0 saturated heterocycles. The standard InChI is InChI=1S/C14H17N5O4/c1-7-5-10(20)23-8(2)11(7)12(21)22-6-9-16-13(15)18-14(17-9)19(3)4/h5H,6H2,1-4H3,(H2,15,16,17,18). The molecule has 0 radical (unpaired) electrons. The number of rotatable bonds is 4. The largest absolute Gasteiger partial charge is 0.454 e. The molecule has 0 aliphatic rings. The van der Waals surface area contributed by atoms with Crippen molar-refractivity contribution < 1.29 is 13.9 Å². The van der Waals surface area contributed by atoms with Crippen LogP contribution in [0.25, 0.3) is 0 Å². The van der Waals surface area contributed by atoms with Gasteiger partial charge in [0.2, 0.25) is 11.9 Å². The van der Waals surface area contributed by atoms with Crippen molar-refractivity contribution in [2.45, 2.75) is 20.5 Å². The molecule has 0 atom stereocenters. The van der Waals surface area contributed by atoms with Gasteiger partial charge in [0, 0.05) is 20.2 Å². The molecule has 0 amide bonds. The zero-order valence-corrected chi connectivity index (χ0v) is 13.3. The predicted molar refractivity (Wildman–Crippen MR) is 82.1 cm³/mol. The van der Waals surface area contributed by atoms with Crippen molar-refractivity contribution in [3.05, 3.63) is 39.2 Å². The zero-order chi connectivity index (χ0) is 17.1. The van der Waals surface area contributed by atoms with Crippen LogP contribution in [0, 0.1) is 13.8 Å². The summed E-state index contributed by atoms with van der Waals surface area (Å²) in [6.07, 6.45) is 0. The van der Waals surface area contributed by atoms with E-state index in [1.807, 2.05) is 0 Å². The van der Waals surface area contributed by atoms with E-state index in [2.05, 4.69) is 15.0 Å². The lowest BCUT2D eigenvalue weighted by Gasteiger charge is -2.12. The molecule has 2 heterocycles. The maximum Gasteiger partial charge on any atom is 0.342 e. The second-order valence-electron chi connectivity index (χ2n) is 5.06. The van der Waals surface area contributed by atoms with E-state index in [0.717, 1.165) is 0 Å². The van der Waals surface area contributed by atoms with E-state index in [1.54, 1.807) is 25.9 Å². The van der Waals surface area contributed by atoms with Gasteiger partial charge in [0.15, 0.2) is 12.4 Å². The van der Waals surface area contributed by atoms with Crippen molar-refractivity contribution in [2.75, 3.05) is 24.7 Å². The number of aromatic nitrogens is 3. The van der Waals surface area contributed by atoms with E-state index >= 15 is 0 Å². The maximum absolute atomic E-state index is 12.2. The van der Waals surface area contributed by atoms with E-state index in [0.29, 0.717) is 11.5 Å². The molecule has 0 aliphatic carbocycles. The van der Waals surface area contributed by atoms with Gasteiger partial charge in [0.25, 0.3) is 0 Å². The Balaban J connectivity index is 2.18. The van der Waals surface area contributed by atoms with Crippen molar-refractivity contribution in [2.24, 2.45) is 0 Å². The minimum atomic E-state index is -0.630. The Hall–Kier alpha value is -2.97. The first-order valence-corrected chi connectivity index (χ1v) is 6.74. The summed E-state index contributed by atoms with van der Waals surface area (Å²) >= 11 is 0. The van der Waals surface area contributed by atoms with Gasteiger partial charge in [0.05, 0.1) is 0 Å². The topological polar surface area (TPSA) is 124 Å². The molecule has 0 fully saturated rings. The minimum absolute atomic E-state index is 0.0350. The fourth-order valence-electron chi connectivity index (χ4n) is 1.95. The van der Waals surface area contributed by atoms with Crippen molar-refractivity contribution in [3.63, 3.8) is 0 Å². The highest BCUT2D eigenvalue weighted by Gasteiger charge is 2.17. The molecule has 2 aromatic heterocycles. The van der Waals surface area contributed by atoms with Gasteiger partial charge in [-0.25, -0.2) is 9.59 Å². The third-order valence-corrected chi connectivity index (χ3v) is 2.96. The molecule has 0 bridgehead atoms. The highest BCUT2D eigenvalue weighted by atomic mass is 16.5. The molecule has 9 nitrogen and oxygen atoms in total. The quantitative estimate of drug-likeness (QED) is 0.799. The van der Waals surface area contributed by atoms with Gasteiger partial charge in [-0.1, -0.05) is 0 Å². The Labute approximate surface area is 132 Å². The van der Waals surface area contributed by atoms with Crippen molar-refractivity contribution in [1.82, 2.24) is 15.0 Å². The van der Waals surface area contributed by atoms with Crippen LogP contribution in [0.4, 0.5) is 11.9 Å². The fraction of sp³-hybridized carbons (Fsp3) is 0.357. The Kier molecular flexibility index (Phi) is 4.58. The molecular weight excluding hydrogens is 302 g/mol. The summed E-state index contributed by atoms with van der Waals surface area (Å²) in [6, 6.07) is 1.23. The SMILES string of the molecule is Cc1cc(=O)oc(C)c1C(=O)OCc1nc(N)nc(N(C)C)n1. The fourth-order valence-corrected chi connectivity index (χ4v) is 1.95. The number of hydrogen-bond acceptors (Lipinski definition) is 9. The number of nitrogen functional groups attached to an aromatic ring is 1.